The molecule has 0 saturated heterocycles. The molecule has 6 nitrogen and oxygen atoms in total. The second-order valence-corrected chi connectivity index (χ2v) is 6.39. The van der Waals surface area contributed by atoms with Gasteiger partial charge in [-0.2, -0.15) is 5.10 Å². The predicted molar refractivity (Wildman–Crippen MR) is 105 cm³/mol. The number of nitrogens with zero attached hydrogens (tertiary/aromatic N) is 2. The number of anilines is 2. The van der Waals surface area contributed by atoms with Crippen LogP contribution in [0.2, 0.25) is 5.02 Å². The molecule has 1 heterocycles. The van der Waals surface area contributed by atoms with Crippen molar-refractivity contribution in [2.75, 3.05) is 23.3 Å². The summed E-state index contributed by atoms with van der Waals surface area (Å²) in [4.78, 5) is 14.6. The normalized spacial score (nSPS) is 10.9. The van der Waals surface area contributed by atoms with Crippen LogP contribution in [-0.4, -0.2) is 34.3 Å². The zero-order valence-corrected chi connectivity index (χ0v) is 15.5. The lowest BCUT2D eigenvalue weighted by atomic mass is 10.1. The first-order chi connectivity index (χ1) is 12.5. The number of phenolic OH excluding ortho intramolecular Hbond substituents is 1. The molecule has 1 amide bonds. The molecule has 7 heteroatoms. The van der Waals surface area contributed by atoms with E-state index in [0.29, 0.717) is 11.4 Å². The van der Waals surface area contributed by atoms with Crippen molar-refractivity contribution in [3.63, 3.8) is 0 Å². The van der Waals surface area contributed by atoms with E-state index < -0.39 is 0 Å². The molecule has 2 aromatic carbocycles. The molecule has 0 atom stereocenters. The van der Waals surface area contributed by atoms with Gasteiger partial charge in [0.1, 0.15) is 5.75 Å². The number of hydrogen-bond acceptors (Lipinski definition) is 4. The number of carbonyl (C=O) groups is 1. The molecule has 0 aliphatic heterocycles. The van der Waals surface area contributed by atoms with Crippen molar-refractivity contribution in [1.82, 2.24) is 10.2 Å². The Morgan fingerprint density at radius 3 is 2.69 bits per heavy atom. The maximum Gasteiger partial charge on any atom is 0.230 e. The van der Waals surface area contributed by atoms with Gasteiger partial charge in [-0.25, -0.2) is 0 Å². The molecule has 0 radical (unpaired) electrons. The number of amides is 1. The van der Waals surface area contributed by atoms with Gasteiger partial charge in [-0.05, 0) is 49.7 Å². The van der Waals surface area contributed by atoms with Crippen LogP contribution in [0.15, 0.2) is 36.4 Å². The van der Waals surface area contributed by atoms with Crippen molar-refractivity contribution < 1.29 is 9.90 Å². The molecular formula is C19H21ClN4O2. The first-order valence-electron chi connectivity index (χ1n) is 8.52. The molecule has 0 aliphatic rings. The highest BCUT2D eigenvalue weighted by Gasteiger charge is 2.13. The van der Waals surface area contributed by atoms with E-state index >= 15 is 0 Å². The zero-order valence-electron chi connectivity index (χ0n) is 14.7. The molecule has 0 unspecified atom stereocenters. The molecule has 3 rings (SSSR count). The second kappa shape index (κ2) is 7.66. The average Bonchev–Trinajstić information content (AvgIpc) is 3.01. The molecule has 0 fully saturated rings. The third kappa shape index (κ3) is 3.75. The fourth-order valence-corrected chi connectivity index (χ4v) is 3.11. The van der Waals surface area contributed by atoms with Crippen LogP contribution in [-0.2, 0) is 11.2 Å². The van der Waals surface area contributed by atoms with E-state index in [2.05, 4.69) is 34.3 Å². The number of hydrogen-bond donors (Lipinski definition) is 3. The highest BCUT2D eigenvalue weighted by Crippen LogP contribution is 2.27. The molecule has 0 aliphatic carbocycles. The Morgan fingerprint density at radius 1 is 1.23 bits per heavy atom. The van der Waals surface area contributed by atoms with Crippen LogP contribution in [0.3, 0.4) is 0 Å². The van der Waals surface area contributed by atoms with Crippen molar-refractivity contribution in [2.24, 2.45) is 0 Å². The standard InChI is InChI=1S/C19H21ClN4O2/c1-3-24(4-2)13-6-7-16-14(11-13)19(23-22-16)21-18(26)10-12-5-8-17(25)15(20)9-12/h5-9,11,25H,3-4,10H2,1-2H3,(H2,21,22,23,26). The number of aromatic hydroxyl groups is 1. The van der Waals surface area contributed by atoms with Crippen LogP contribution in [0.25, 0.3) is 10.9 Å². The lowest BCUT2D eigenvalue weighted by molar-refractivity contribution is -0.115. The molecule has 3 aromatic rings. The van der Waals surface area contributed by atoms with Gasteiger partial charge in [0.05, 0.1) is 17.0 Å². The Kier molecular flexibility index (Phi) is 5.32. The van der Waals surface area contributed by atoms with Gasteiger partial charge in [-0.15, -0.1) is 0 Å². The van der Waals surface area contributed by atoms with Gasteiger partial charge < -0.3 is 15.3 Å². The summed E-state index contributed by atoms with van der Waals surface area (Å²) in [5.41, 5.74) is 2.67. The van der Waals surface area contributed by atoms with Crippen molar-refractivity contribution in [1.29, 1.82) is 0 Å². The Hall–Kier alpha value is -2.73. The summed E-state index contributed by atoms with van der Waals surface area (Å²) in [6, 6.07) is 10.8. The molecular weight excluding hydrogens is 352 g/mol. The van der Waals surface area contributed by atoms with Crippen LogP contribution in [0.4, 0.5) is 11.5 Å². The monoisotopic (exact) mass is 372 g/mol. The smallest absolute Gasteiger partial charge is 0.230 e. The molecule has 0 bridgehead atoms. The maximum absolute atomic E-state index is 12.4. The van der Waals surface area contributed by atoms with Crippen molar-refractivity contribution in [2.45, 2.75) is 20.3 Å². The van der Waals surface area contributed by atoms with Crippen LogP contribution in [0.5, 0.6) is 5.75 Å². The molecule has 26 heavy (non-hydrogen) atoms. The van der Waals surface area contributed by atoms with E-state index in [1.807, 2.05) is 18.2 Å². The number of rotatable bonds is 6. The molecule has 0 saturated carbocycles. The SMILES string of the molecule is CCN(CC)c1ccc2[nH]nc(NC(=O)Cc3ccc(O)c(Cl)c3)c2c1. The number of phenols is 1. The molecule has 136 valence electrons. The summed E-state index contributed by atoms with van der Waals surface area (Å²) in [6.07, 6.45) is 0.143. The third-order valence-electron chi connectivity index (χ3n) is 4.31. The third-order valence-corrected chi connectivity index (χ3v) is 4.61. The van der Waals surface area contributed by atoms with E-state index in [1.165, 1.54) is 6.07 Å². The summed E-state index contributed by atoms with van der Waals surface area (Å²) in [7, 11) is 0. The van der Waals surface area contributed by atoms with Crippen LogP contribution in [0, 0.1) is 0 Å². The van der Waals surface area contributed by atoms with Crippen molar-refractivity contribution in [3.8, 4) is 5.75 Å². The number of halogens is 1. The zero-order chi connectivity index (χ0) is 18.7. The first kappa shape index (κ1) is 18.1. The van der Waals surface area contributed by atoms with Crippen molar-refractivity contribution in [3.05, 3.63) is 47.0 Å². The second-order valence-electron chi connectivity index (χ2n) is 5.99. The fraction of sp³-hybridized carbons (Fsp3) is 0.263. The lowest BCUT2D eigenvalue weighted by Crippen LogP contribution is -2.21. The summed E-state index contributed by atoms with van der Waals surface area (Å²) < 4.78 is 0. The fourth-order valence-electron chi connectivity index (χ4n) is 2.90. The number of aromatic amines is 1. The maximum atomic E-state index is 12.4. The van der Waals surface area contributed by atoms with E-state index in [1.54, 1.807) is 12.1 Å². The summed E-state index contributed by atoms with van der Waals surface area (Å²) in [5.74, 6) is 0.301. The number of fused-ring (bicyclic) bond motifs is 1. The number of nitrogens with one attached hydrogen (secondary N) is 2. The summed E-state index contributed by atoms with van der Waals surface area (Å²) in [5, 5.41) is 20.6. The van der Waals surface area contributed by atoms with Crippen LogP contribution < -0.4 is 10.2 Å². The molecule has 0 spiro atoms. The van der Waals surface area contributed by atoms with Gasteiger partial charge in [-0.1, -0.05) is 17.7 Å². The van der Waals surface area contributed by atoms with Gasteiger partial charge >= 0.3 is 0 Å². The average molecular weight is 373 g/mol. The Balaban J connectivity index is 1.80. The van der Waals surface area contributed by atoms with Gasteiger partial charge in [0.25, 0.3) is 0 Å². The number of benzene rings is 2. The Bertz CT molecular complexity index is 934. The van der Waals surface area contributed by atoms with Gasteiger partial charge in [-0.3, -0.25) is 9.89 Å². The van der Waals surface area contributed by atoms with Gasteiger partial charge in [0.15, 0.2) is 5.82 Å². The quantitative estimate of drug-likeness (QED) is 0.612. The van der Waals surface area contributed by atoms with Crippen LogP contribution in [0.1, 0.15) is 19.4 Å². The minimum atomic E-state index is -0.201. The molecule has 3 N–H and O–H groups in total. The highest BCUT2D eigenvalue weighted by molar-refractivity contribution is 6.32. The number of H-pyrrole nitrogens is 1. The summed E-state index contributed by atoms with van der Waals surface area (Å²) >= 11 is 5.89. The Labute approximate surface area is 156 Å². The van der Waals surface area contributed by atoms with E-state index in [9.17, 15) is 9.90 Å². The van der Waals surface area contributed by atoms with Gasteiger partial charge in [0.2, 0.25) is 5.91 Å². The molecule has 1 aromatic heterocycles. The van der Waals surface area contributed by atoms with Gasteiger partial charge in [0, 0.05) is 24.2 Å². The lowest BCUT2D eigenvalue weighted by Gasteiger charge is -2.20. The first-order valence-corrected chi connectivity index (χ1v) is 8.90. The largest absolute Gasteiger partial charge is 0.506 e. The number of carbonyl (C=O) groups excluding carboxylic acids is 1. The van der Waals surface area contributed by atoms with Crippen LogP contribution >= 0.6 is 11.6 Å². The minimum absolute atomic E-state index is 0.00180. The van der Waals surface area contributed by atoms with Crippen molar-refractivity contribution >= 4 is 39.9 Å². The predicted octanol–water partition coefficient (Wildman–Crippen LogP) is 3.95. The van der Waals surface area contributed by atoms with E-state index in [4.69, 9.17) is 11.6 Å². The van der Waals surface area contributed by atoms with E-state index in [0.717, 1.165) is 29.7 Å². The highest BCUT2D eigenvalue weighted by atomic mass is 35.5. The number of aromatic nitrogens is 2. The summed E-state index contributed by atoms with van der Waals surface area (Å²) in [6.45, 7) is 6.02. The topological polar surface area (TPSA) is 81.2 Å². The van der Waals surface area contributed by atoms with E-state index in [-0.39, 0.29) is 23.1 Å². The Morgan fingerprint density at radius 2 is 2.00 bits per heavy atom. The minimum Gasteiger partial charge on any atom is -0.506 e.